The first-order valence-electron chi connectivity index (χ1n) is 11.0. The lowest BCUT2D eigenvalue weighted by atomic mass is 10.1. The van der Waals surface area contributed by atoms with Gasteiger partial charge in [0.15, 0.2) is 21.4 Å². The van der Waals surface area contributed by atoms with Gasteiger partial charge in [-0.2, -0.15) is 0 Å². The van der Waals surface area contributed by atoms with Crippen molar-refractivity contribution in [3.05, 3.63) is 42.4 Å². The Morgan fingerprint density at radius 3 is 2.35 bits per heavy atom. The zero-order valence-corrected chi connectivity index (χ0v) is 20.4. The van der Waals surface area contributed by atoms with E-state index in [2.05, 4.69) is 10.2 Å². The normalized spacial score (nSPS) is 18.5. The number of hydrogen-bond donors (Lipinski definition) is 0. The number of amides is 1. The van der Waals surface area contributed by atoms with E-state index in [9.17, 15) is 13.2 Å². The highest BCUT2D eigenvalue weighted by atomic mass is 32.2. The molecule has 10 nitrogen and oxygen atoms in total. The summed E-state index contributed by atoms with van der Waals surface area (Å²) in [5.74, 6) is 1.16. The molecule has 0 radical (unpaired) electrons. The molecule has 1 aliphatic rings. The number of para-hydroxylation sites is 1. The molecule has 11 heteroatoms. The summed E-state index contributed by atoms with van der Waals surface area (Å²) in [5, 5.41) is 8.41. The number of nitrogens with zero attached hydrogens (tertiary/aromatic N) is 4. The van der Waals surface area contributed by atoms with Crippen LogP contribution < -0.4 is 9.47 Å². The Hall–Kier alpha value is -3.34. The Morgan fingerprint density at radius 1 is 1.09 bits per heavy atom. The molecule has 0 saturated carbocycles. The van der Waals surface area contributed by atoms with Crippen LogP contribution in [0.2, 0.25) is 0 Å². The smallest absolute Gasteiger partial charge is 0.225 e. The molecule has 0 bridgehead atoms. The first-order valence-corrected chi connectivity index (χ1v) is 12.8. The minimum Gasteiger partial charge on any atom is -0.494 e. The first kappa shape index (κ1) is 23.8. The van der Waals surface area contributed by atoms with Gasteiger partial charge in [0, 0.05) is 18.5 Å². The van der Waals surface area contributed by atoms with Gasteiger partial charge in [-0.25, -0.2) is 8.42 Å². The number of sulfone groups is 1. The molecule has 34 heavy (non-hydrogen) atoms. The van der Waals surface area contributed by atoms with Crippen LogP contribution in [0, 0.1) is 5.92 Å². The molecule has 1 amide bonds. The minimum atomic E-state index is -3.64. The summed E-state index contributed by atoms with van der Waals surface area (Å²) in [6, 6.07) is 8.68. The van der Waals surface area contributed by atoms with E-state index < -0.39 is 9.84 Å². The standard InChI is InChI=1S/C23H28N4O6S/c1-15-13-16(2)26(23(15)28)10-12-34(29,30)14-20-24-25-22(19-9-6-11-33-19)27(20)21-17(31-3)7-5-8-18(21)32-4/h5-9,11,15-16H,10,12-14H2,1-4H3/t15-,16-/m0/s1. The van der Waals surface area contributed by atoms with Crippen molar-refractivity contribution >= 4 is 15.7 Å². The number of methoxy groups -OCH3 is 2. The molecular formula is C23H28N4O6S. The summed E-state index contributed by atoms with van der Waals surface area (Å²) < 4.78 is 44.4. The van der Waals surface area contributed by atoms with Crippen LogP contribution in [0.25, 0.3) is 17.3 Å². The highest BCUT2D eigenvalue weighted by molar-refractivity contribution is 7.90. The fourth-order valence-corrected chi connectivity index (χ4v) is 5.54. The topological polar surface area (TPSA) is 117 Å². The lowest BCUT2D eigenvalue weighted by Gasteiger charge is -2.21. The van der Waals surface area contributed by atoms with Gasteiger partial charge in [0.2, 0.25) is 11.7 Å². The van der Waals surface area contributed by atoms with Gasteiger partial charge < -0.3 is 18.8 Å². The predicted octanol–water partition coefficient (Wildman–Crippen LogP) is 2.72. The van der Waals surface area contributed by atoms with Gasteiger partial charge in [0.25, 0.3) is 0 Å². The number of ether oxygens (including phenoxy) is 2. The summed E-state index contributed by atoms with van der Waals surface area (Å²) in [7, 11) is -0.612. The van der Waals surface area contributed by atoms with Crippen LogP contribution in [0.1, 0.15) is 26.1 Å². The summed E-state index contributed by atoms with van der Waals surface area (Å²) in [6.45, 7) is 3.95. The van der Waals surface area contributed by atoms with E-state index in [0.29, 0.717) is 28.8 Å². The minimum absolute atomic E-state index is 0.00951. The van der Waals surface area contributed by atoms with Crippen LogP contribution in [0.5, 0.6) is 11.5 Å². The summed E-state index contributed by atoms with van der Waals surface area (Å²) in [4.78, 5) is 14.0. The molecule has 0 spiro atoms. The maximum atomic E-state index is 13.1. The van der Waals surface area contributed by atoms with Gasteiger partial charge in [-0.15, -0.1) is 10.2 Å². The SMILES string of the molecule is COc1cccc(OC)c1-n1c(CS(=O)(=O)CCN2C(=O)[C@@H](C)C[C@@H]2C)nnc1-c1ccco1. The van der Waals surface area contributed by atoms with Crippen molar-refractivity contribution in [3.63, 3.8) is 0 Å². The highest BCUT2D eigenvalue weighted by Gasteiger charge is 2.35. The molecule has 1 aliphatic heterocycles. The third-order valence-corrected chi connectivity index (χ3v) is 7.52. The fourth-order valence-electron chi connectivity index (χ4n) is 4.34. The van der Waals surface area contributed by atoms with Gasteiger partial charge in [0.05, 0.1) is 26.2 Å². The quantitative estimate of drug-likeness (QED) is 0.451. The van der Waals surface area contributed by atoms with Gasteiger partial charge in [-0.1, -0.05) is 13.0 Å². The highest BCUT2D eigenvalue weighted by Crippen LogP contribution is 2.36. The van der Waals surface area contributed by atoms with Crippen molar-refractivity contribution in [2.24, 2.45) is 5.92 Å². The van der Waals surface area contributed by atoms with Gasteiger partial charge >= 0.3 is 0 Å². The molecule has 2 aromatic heterocycles. The Balaban J connectivity index is 1.71. The summed E-state index contributed by atoms with van der Waals surface area (Å²) in [5.41, 5.74) is 0.464. The number of carbonyl (C=O) groups excluding carboxylic acids is 1. The van der Waals surface area contributed by atoms with E-state index in [4.69, 9.17) is 13.9 Å². The average Bonchev–Trinajstić information content (AvgIpc) is 3.52. The monoisotopic (exact) mass is 488 g/mol. The van der Waals surface area contributed by atoms with E-state index in [1.54, 1.807) is 39.8 Å². The Bertz CT molecular complexity index is 1250. The van der Waals surface area contributed by atoms with Crippen LogP contribution in [-0.2, 0) is 20.4 Å². The molecule has 0 aliphatic carbocycles. The predicted molar refractivity (Wildman–Crippen MR) is 125 cm³/mol. The molecule has 2 atom stereocenters. The van der Waals surface area contributed by atoms with E-state index >= 15 is 0 Å². The number of hydrogen-bond acceptors (Lipinski definition) is 8. The second kappa shape index (κ2) is 9.49. The van der Waals surface area contributed by atoms with E-state index in [1.165, 1.54) is 20.5 Å². The summed E-state index contributed by atoms with van der Waals surface area (Å²) >= 11 is 0. The zero-order valence-electron chi connectivity index (χ0n) is 19.6. The molecule has 1 saturated heterocycles. The molecular weight excluding hydrogens is 460 g/mol. The maximum Gasteiger partial charge on any atom is 0.225 e. The van der Waals surface area contributed by atoms with Crippen molar-refractivity contribution in [2.45, 2.75) is 32.1 Å². The second-order valence-corrected chi connectivity index (χ2v) is 10.6. The lowest BCUT2D eigenvalue weighted by molar-refractivity contribution is -0.131. The molecule has 1 fully saturated rings. The number of furan rings is 1. The number of rotatable bonds is 9. The van der Waals surface area contributed by atoms with E-state index in [-0.39, 0.29) is 41.7 Å². The number of likely N-dealkylation sites (tertiary alicyclic amines) is 1. The first-order chi connectivity index (χ1) is 16.3. The van der Waals surface area contributed by atoms with E-state index in [0.717, 1.165) is 6.42 Å². The fraction of sp³-hybridized carbons (Fsp3) is 0.435. The maximum absolute atomic E-state index is 13.1. The third kappa shape index (κ3) is 4.52. The molecule has 3 aromatic rings. The Morgan fingerprint density at radius 2 is 1.79 bits per heavy atom. The Kier molecular flexibility index (Phi) is 6.65. The molecule has 4 rings (SSSR count). The van der Waals surface area contributed by atoms with Gasteiger partial charge in [0.1, 0.15) is 22.9 Å². The largest absolute Gasteiger partial charge is 0.494 e. The van der Waals surface area contributed by atoms with Gasteiger partial charge in [-0.05, 0) is 37.6 Å². The summed E-state index contributed by atoms with van der Waals surface area (Å²) in [6.07, 6.45) is 2.23. The second-order valence-electron chi connectivity index (χ2n) is 8.37. The van der Waals surface area contributed by atoms with Crippen molar-refractivity contribution in [1.29, 1.82) is 0 Å². The van der Waals surface area contributed by atoms with Crippen LogP contribution >= 0.6 is 0 Å². The average molecular weight is 489 g/mol. The van der Waals surface area contributed by atoms with Crippen molar-refractivity contribution in [2.75, 3.05) is 26.5 Å². The zero-order chi connectivity index (χ0) is 24.5. The molecule has 3 heterocycles. The molecule has 0 unspecified atom stereocenters. The molecule has 1 aromatic carbocycles. The van der Waals surface area contributed by atoms with Crippen LogP contribution in [0.3, 0.4) is 0 Å². The van der Waals surface area contributed by atoms with Crippen molar-refractivity contribution in [3.8, 4) is 28.8 Å². The molecule has 0 N–H and O–H groups in total. The van der Waals surface area contributed by atoms with Crippen LogP contribution in [0.15, 0.2) is 41.0 Å². The van der Waals surface area contributed by atoms with Gasteiger partial charge in [-0.3, -0.25) is 9.36 Å². The van der Waals surface area contributed by atoms with Crippen LogP contribution in [-0.4, -0.2) is 66.5 Å². The van der Waals surface area contributed by atoms with Crippen molar-refractivity contribution < 1.29 is 27.1 Å². The lowest BCUT2D eigenvalue weighted by Crippen LogP contribution is -2.36. The number of benzene rings is 1. The Labute approximate surface area is 198 Å². The number of aromatic nitrogens is 3. The number of carbonyl (C=O) groups is 1. The molecule has 182 valence electrons. The van der Waals surface area contributed by atoms with E-state index in [1.807, 2.05) is 13.8 Å². The van der Waals surface area contributed by atoms with Crippen molar-refractivity contribution in [1.82, 2.24) is 19.7 Å². The van der Waals surface area contributed by atoms with Crippen LogP contribution in [0.4, 0.5) is 0 Å². The third-order valence-electron chi connectivity index (χ3n) is 6.02.